The highest BCUT2D eigenvalue weighted by Crippen LogP contribution is 2.26. The second kappa shape index (κ2) is 10.5. The minimum Gasteiger partial charge on any atom is -0.394 e. The maximum absolute atomic E-state index is 13.4. The number of hydrogen-bond donors (Lipinski definition) is 2. The molecular weight excluding hydrogens is 464 g/mol. The molecule has 7 nitrogen and oxygen atoms in total. The molecule has 2 amide bonds. The van der Waals surface area contributed by atoms with Gasteiger partial charge in [-0.05, 0) is 53.3 Å². The van der Waals surface area contributed by atoms with E-state index in [1.807, 2.05) is 61.6 Å². The van der Waals surface area contributed by atoms with Crippen LogP contribution in [0.2, 0.25) is 0 Å². The SMILES string of the molecule is CN(Cc1cc2ccccc2n1C)C(=O)c1ccc2c(c1)CN(CCc1ccccc1)C(=O)C(CO)N2. The lowest BCUT2D eigenvalue weighted by atomic mass is 10.1. The Morgan fingerprint density at radius 1 is 1.05 bits per heavy atom. The average molecular weight is 497 g/mol. The van der Waals surface area contributed by atoms with E-state index in [1.54, 1.807) is 22.9 Å². The van der Waals surface area contributed by atoms with Crippen LogP contribution in [0.5, 0.6) is 0 Å². The van der Waals surface area contributed by atoms with Crippen molar-refractivity contribution in [2.24, 2.45) is 7.05 Å². The lowest BCUT2D eigenvalue weighted by molar-refractivity contribution is -0.133. The molecule has 1 aromatic heterocycles. The normalized spacial score (nSPS) is 15.3. The van der Waals surface area contributed by atoms with Gasteiger partial charge in [-0.3, -0.25) is 9.59 Å². The summed E-state index contributed by atoms with van der Waals surface area (Å²) in [5.74, 6) is -0.228. The number of fused-ring (bicyclic) bond motifs is 2. The molecule has 37 heavy (non-hydrogen) atoms. The number of aromatic nitrogens is 1. The Morgan fingerprint density at radius 2 is 1.81 bits per heavy atom. The summed E-state index contributed by atoms with van der Waals surface area (Å²) >= 11 is 0. The fourth-order valence-electron chi connectivity index (χ4n) is 5.01. The van der Waals surface area contributed by atoms with Crippen LogP contribution < -0.4 is 5.32 Å². The number of amides is 2. The van der Waals surface area contributed by atoms with E-state index < -0.39 is 6.04 Å². The fraction of sp³-hybridized carbons (Fsp3) is 0.267. The highest BCUT2D eigenvalue weighted by atomic mass is 16.3. The van der Waals surface area contributed by atoms with Gasteiger partial charge in [0, 0.05) is 49.6 Å². The van der Waals surface area contributed by atoms with Gasteiger partial charge in [0.25, 0.3) is 5.91 Å². The molecular formula is C30H32N4O3. The molecule has 1 aliphatic heterocycles. The predicted molar refractivity (Wildman–Crippen MR) is 145 cm³/mol. The third-order valence-corrected chi connectivity index (χ3v) is 7.15. The summed E-state index contributed by atoms with van der Waals surface area (Å²) in [7, 11) is 3.82. The molecule has 0 radical (unpaired) electrons. The van der Waals surface area contributed by atoms with E-state index in [4.69, 9.17) is 0 Å². The molecule has 0 spiro atoms. The molecule has 190 valence electrons. The summed E-state index contributed by atoms with van der Waals surface area (Å²) in [6.07, 6.45) is 0.715. The number of aliphatic hydroxyl groups excluding tert-OH is 1. The minimum atomic E-state index is -0.715. The molecule has 1 unspecified atom stereocenters. The van der Waals surface area contributed by atoms with E-state index in [0.717, 1.165) is 33.4 Å². The van der Waals surface area contributed by atoms with Gasteiger partial charge >= 0.3 is 0 Å². The number of aliphatic hydroxyl groups is 1. The first-order valence-corrected chi connectivity index (χ1v) is 12.6. The van der Waals surface area contributed by atoms with Crippen molar-refractivity contribution in [2.75, 3.05) is 25.5 Å². The maximum Gasteiger partial charge on any atom is 0.253 e. The summed E-state index contributed by atoms with van der Waals surface area (Å²) in [6.45, 7) is 1.08. The quantitative estimate of drug-likeness (QED) is 0.408. The number of carbonyl (C=O) groups excluding carboxylic acids is 2. The van der Waals surface area contributed by atoms with Gasteiger partial charge in [0.15, 0.2) is 0 Å². The zero-order valence-electron chi connectivity index (χ0n) is 21.2. The van der Waals surface area contributed by atoms with Crippen LogP contribution in [0.3, 0.4) is 0 Å². The van der Waals surface area contributed by atoms with E-state index in [0.29, 0.717) is 31.6 Å². The topological polar surface area (TPSA) is 77.8 Å². The summed E-state index contributed by atoms with van der Waals surface area (Å²) in [6, 6.07) is 25.1. The molecule has 0 saturated heterocycles. The van der Waals surface area contributed by atoms with Crippen LogP contribution >= 0.6 is 0 Å². The second-order valence-electron chi connectivity index (χ2n) is 9.66. The largest absolute Gasteiger partial charge is 0.394 e. The van der Waals surface area contributed by atoms with E-state index in [-0.39, 0.29) is 18.4 Å². The molecule has 1 aliphatic rings. The Morgan fingerprint density at radius 3 is 2.57 bits per heavy atom. The van der Waals surface area contributed by atoms with Gasteiger partial charge in [-0.1, -0.05) is 48.5 Å². The van der Waals surface area contributed by atoms with Gasteiger partial charge in [-0.2, -0.15) is 0 Å². The molecule has 1 atom stereocenters. The highest BCUT2D eigenvalue weighted by Gasteiger charge is 2.29. The van der Waals surface area contributed by atoms with Crippen LogP contribution in [0.15, 0.2) is 78.9 Å². The van der Waals surface area contributed by atoms with E-state index >= 15 is 0 Å². The molecule has 3 aromatic carbocycles. The van der Waals surface area contributed by atoms with Crippen molar-refractivity contribution < 1.29 is 14.7 Å². The Bertz CT molecular complexity index is 1430. The van der Waals surface area contributed by atoms with Gasteiger partial charge in [0.05, 0.1) is 13.2 Å². The first kappa shape index (κ1) is 24.6. The third kappa shape index (κ3) is 5.08. The smallest absolute Gasteiger partial charge is 0.253 e. The van der Waals surface area contributed by atoms with Crippen LogP contribution in [0.1, 0.15) is 27.2 Å². The van der Waals surface area contributed by atoms with Gasteiger partial charge in [0.1, 0.15) is 6.04 Å². The molecule has 0 aliphatic carbocycles. The van der Waals surface area contributed by atoms with Gasteiger partial charge in [-0.25, -0.2) is 0 Å². The molecule has 4 aromatic rings. The van der Waals surface area contributed by atoms with E-state index in [9.17, 15) is 14.7 Å². The predicted octanol–water partition coefficient (Wildman–Crippen LogP) is 3.81. The van der Waals surface area contributed by atoms with Crippen LogP contribution in [-0.2, 0) is 31.4 Å². The first-order valence-electron chi connectivity index (χ1n) is 12.6. The van der Waals surface area contributed by atoms with Crippen molar-refractivity contribution in [1.29, 1.82) is 0 Å². The molecule has 0 bridgehead atoms. The Hall–Kier alpha value is -4.10. The highest BCUT2D eigenvalue weighted by molar-refractivity contribution is 5.95. The standard InChI is InChI=1S/C30H32N4O3/c1-32(19-25-17-22-10-6-7-11-28(22)33(25)2)29(36)23-12-13-26-24(16-23)18-34(30(37)27(20-35)31-26)15-14-21-8-4-3-5-9-21/h3-13,16-17,27,31,35H,14-15,18-20H2,1-2H3. The molecule has 0 fully saturated rings. The fourth-order valence-corrected chi connectivity index (χ4v) is 5.01. The first-order chi connectivity index (χ1) is 17.9. The number of hydrogen-bond acceptors (Lipinski definition) is 4. The van der Waals surface area contributed by atoms with Crippen molar-refractivity contribution in [2.45, 2.75) is 25.6 Å². The molecule has 2 N–H and O–H groups in total. The van der Waals surface area contributed by atoms with Crippen LogP contribution in [0.4, 0.5) is 5.69 Å². The molecule has 0 saturated carbocycles. The summed E-state index contributed by atoms with van der Waals surface area (Å²) in [5, 5.41) is 14.2. The van der Waals surface area contributed by atoms with Crippen molar-refractivity contribution in [1.82, 2.24) is 14.4 Å². The number of anilines is 1. The maximum atomic E-state index is 13.4. The van der Waals surface area contributed by atoms with Crippen LogP contribution in [0.25, 0.3) is 10.9 Å². The van der Waals surface area contributed by atoms with Gasteiger partial charge in [0.2, 0.25) is 5.91 Å². The molecule has 2 heterocycles. The zero-order chi connectivity index (χ0) is 25.9. The Labute approximate surface area is 216 Å². The average Bonchev–Trinajstić information content (AvgIpc) is 3.16. The number of nitrogens with zero attached hydrogens (tertiary/aromatic N) is 3. The summed E-state index contributed by atoms with van der Waals surface area (Å²) in [4.78, 5) is 30.0. The molecule has 5 rings (SSSR count). The monoisotopic (exact) mass is 496 g/mol. The van der Waals surface area contributed by atoms with Crippen molar-refractivity contribution in [3.63, 3.8) is 0 Å². The third-order valence-electron chi connectivity index (χ3n) is 7.15. The van der Waals surface area contributed by atoms with Crippen LogP contribution in [-0.4, -0.2) is 57.5 Å². The van der Waals surface area contributed by atoms with Gasteiger partial charge < -0.3 is 24.8 Å². The van der Waals surface area contributed by atoms with Crippen molar-refractivity contribution in [3.05, 3.63) is 101 Å². The van der Waals surface area contributed by atoms with E-state index in [2.05, 4.69) is 28.1 Å². The van der Waals surface area contributed by atoms with Gasteiger partial charge in [-0.15, -0.1) is 0 Å². The number of benzene rings is 3. The van der Waals surface area contributed by atoms with E-state index in [1.165, 1.54) is 0 Å². The Balaban J connectivity index is 1.35. The number of para-hydroxylation sites is 1. The van der Waals surface area contributed by atoms with Crippen molar-refractivity contribution in [3.8, 4) is 0 Å². The molecule has 7 heteroatoms. The number of aryl methyl sites for hydroxylation is 1. The lowest BCUT2D eigenvalue weighted by Crippen LogP contribution is -2.43. The lowest BCUT2D eigenvalue weighted by Gasteiger charge is -2.23. The summed E-state index contributed by atoms with van der Waals surface area (Å²) in [5.41, 5.74) is 5.53. The van der Waals surface area contributed by atoms with Crippen LogP contribution in [0, 0.1) is 0 Å². The Kier molecular flexibility index (Phi) is 6.97. The zero-order valence-corrected chi connectivity index (χ0v) is 21.2. The number of nitrogens with one attached hydrogen (secondary N) is 1. The summed E-state index contributed by atoms with van der Waals surface area (Å²) < 4.78 is 2.12. The number of rotatable bonds is 7. The second-order valence-corrected chi connectivity index (χ2v) is 9.66. The van der Waals surface area contributed by atoms with Crippen molar-refractivity contribution >= 4 is 28.4 Å². The minimum absolute atomic E-state index is 0.0850. The number of carbonyl (C=O) groups is 2.